The molecule has 6 nitrogen and oxygen atoms in total. The Kier molecular flexibility index (Phi) is 7.67. The second-order valence-corrected chi connectivity index (χ2v) is 7.43. The van der Waals surface area contributed by atoms with Gasteiger partial charge in [0.1, 0.15) is 0 Å². The Morgan fingerprint density at radius 2 is 1.86 bits per heavy atom. The summed E-state index contributed by atoms with van der Waals surface area (Å²) in [5.74, 6) is -1.83. The fourth-order valence-corrected chi connectivity index (χ4v) is 2.68. The summed E-state index contributed by atoms with van der Waals surface area (Å²) in [4.78, 5) is 42.6. The van der Waals surface area contributed by atoms with Crippen molar-refractivity contribution in [1.29, 1.82) is 0 Å². The highest BCUT2D eigenvalue weighted by atomic mass is 16.5. The molecule has 1 aromatic rings. The van der Waals surface area contributed by atoms with Gasteiger partial charge in [-0.15, -0.1) is 0 Å². The van der Waals surface area contributed by atoms with Crippen molar-refractivity contribution in [2.24, 2.45) is 10.4 Å². The van der Waals surface area contributed by atoms with Gasteiger partial charge in [0.05, 0.1) is 6.61 Å². The Hall–Kier alpha value is -2.76. The van der Waals surface area contributed by atoms with Gasteiger partial charge in [0.25, 0.3) is 5.91 Å². The quantitative estimate of drug-likeness (QED) is 0.372. The molecule has 1 heterocycles. The number of aliphatic imine (C=N–C) groups is 1. The van der Waals surface area contributed by atoms with Gasteiger partial charge in [-0.1, -0.05) is 51.1 Å². The minimum atomic E-state index is -1.01. The van der Waals surface area contributed by atoms with Gasteiger partial charge >= 0.3 is 5.97 Å². The third kappa shape index (κ3) is 5.62. The van der Waals surface area contributed by atoms with E-state index in [1.54, 1.807) is 13.8 Å². The van der Waals surface area contributed by atoms with Crippen molar-refractivity contribution >= 4 is 23.9 Å². The molecule has 6 heteroatoms. The summed E-state index contributed by atoms with van der Waals surface area (Å²) in [5, 5.41) is 0. The molecule has 2 rings (SSSR count). The van der Waals surface area contributed by atoms with Crippen molar-refractivity contribution < 1.29 is 19.1 Å². The standard InChI is InChI=1S/C22H28N2O4/c1-4-22(2,3)19(25)20(26)24-14-13-23-16-18(24)21(27)28-15-9-8-12-17-10-6-5-7-11-17/h5-7,10-11,13-14,16,18H,4,8-9,12,15H2,1-3H3. The summed E-state index contributed by atoms with van der Waals surface area (Å²) >= 11 is 0. The van der Waals surface area contributed by atoms with Gasteiger partial charge in [-0.05, 0) is 31.2 Å². The third-order valence-corrected chi connectivity index (χ3v) is 4.96. The number of nitrogens with zero attached hydrogens (tertiary/aromatic N) is 2. The molecule has 28 heavy (non-hydrogen) atoms. The van der Waals surface area contributed by atoms with Crippen LogP contribution in [0.5, 0.6) is 0 Å². The average Bonchev–Trinajstić information content (AvgIpc) is 2.73. The van der Waals surface area contributed by atoms with Crippen LogP contribution < -0.4 is 0 Å². The van der Waals surface area contributed by atoms with Gasteiger partial charge in [-0.3, -0.25) is 19.5 Å². The largest absolute Gasteiger partial charge is 0.464 e. The second-order valence-electron chi connectivity index (χ2n) is 7.43. The minimum absolute atomic E-state index is 0.260. The molecule has 1 atom stereocenters. The van der Waals surface area contributed by atoms with Crippen LogP contribution >= 0.6 is 0 Å². The zero-order chi connectivity index (χ0) is 20.6. The normalized spacial score (nSPS) is 16.1. The molecule has 0 aromatic heterocycles. The zero-order valence-corrected chi connectivity index (χ0v) is 16.8. The number of amides is 1. The third-order valence-electron chi connectivity index (χ3n) is 4.96. The number of hydrogen-bond donors (Lipinski definition) is 0. The number of carbonyl (C=O) groups is 3. The number of Topliss-reactive ketones (excluding diaryl/α,β-unsaturated/α-hetero) is 1. The SMILES string of the molecule is CCC(C)(C)C(=O)C(=O)N1C=CN=CC1C(=O)OCCCCc1ccccc1. The molecular formula is C22H28N2O4. The van der Waals surface area contributed by atoms with Crippen molar-refractivity contribution in [1.82, 2.24) is 4.90 Å². The molecule has 1 aliphatic heterocycles. The van der Waals surface area contributed by atoms with Crippen LogP contribution in [0.4, 0.5) is 0 Å². The van der Waals surface area contributed by atoms with E-state index in [9.17, 15) is 14.4 Å². The molecule has 0 aliphatic carbocycles. The lowest BCUT2D eigenvalue weighted by atomic mass is 9.84. The van der Waals surface area contributed by atoms with Crippen LogP contribution in [0.1, 0.15) is 45.6 Å². The van der Waals surface area contributed by atoms with Crippen molar-refractivity contribution in [3.05, 3.63) is 48.3 Å². The number of hydrogen-bond acceptors (Lipinski definition) is 5. The predicted octanol–water partition coefficient (Wildman–Crippen LogP) is 3.31. The molecule has 0 spiro atoms. The first-order valence-corrected chi connectivity index (χ1v) is 9.64. The van der Waals surface area contributed by atoms with Crippen molar-refractivity contribution in [2.45, 2.75) is 52.5 Å². The Morgan fingerprint density at radius 3 is 2.54 bits per heavy atom. The van der Waals surface area contributed by atoms with Gasteiger partial charge < -0.3 is 4.74 Å². The van der Waals surface area contributed by atoms with Crippen LogP contribution in [0, 0.1) is 5.41 Å². The van der Waals surface area contributed by atoms with Crippen LogP contribution in [-0.2, 0) is 25.5 Å². The summed E-state index contributed by atoms with van der Waals surface area (Å²) in [6, 6.07) is 9.09. The van der Waals surface area contributed by atoms with Gasteiger partial charge in [0, 0.05) is 24.0 Å². The van der Waals surface area contributed by atoms with Crippen molar-refractivity contribution in [3.63, 3.8) is 0 Å². The van der Waals surface area contributed by atoms with Crippen LogP contribution in [0.2, 0.25) is 0 Å². The molecular weight excluding hydrogens is 356 g/mol. The fourth-order valence-electron chi connectivity index (χ4n) is 2.68. The predicted molar refractivity (Wildman–Crippen MR) is 108 cm³/mol. The van der Waals surface area contributed by atoms with E-state index in [1.807, 2.05) is 25.1 Å². The van der Waals surface area contributed by atoms with Crippen LogP contribution in [0.15, 0.2) is 47.7 Å². The molecule has 0 saturated carbocycles. The highest BCUT2D eigenvalue weighted by Crippen LogP contribution is 2.23. The number of rotatable bonds is 9. The van der Waals surface area contributed by atoms with Crippen molar-refractivity contribution in [3.8, 4) is 0 Å². The van der Waals surface area contributed by atoms with E-state index < -0.39 is 29.1 Å². The number of aryl methyl sites for hydroxylation is 1. The summed E-state index contributed by atoms with van der Waals surface area (Å²) in [6.45, 7) is 5.54. The van der Waals surface area contributed by atoms with Crippen LogP contribution in [0.3, 0.4) is 0 Å². The molecule has 0 N–H and O–H groups in total. The maximum absolute atomic E-state index is 12.6. The summed E-state index contributed by atoms with van der Waals surface area (Å²) in [7, 11) is 0. The Labute approximate surface area is 166 Å². The first-order valence-electron chi connectivity index (χ1n) is 9.64. The fraction of sp³-hybridized carbons (Fsp3) is 0.455. The molecule has 0 fully saturated rings. The molecule has 1 unspecified atom stereocenters. The molecule has 0 radical (unpaired) electrons. The highest BCUT2D eigenvalue weighted by molar-refractivity contribution is 6.38. The summed E-state index contributed by atoms with van der Waals surface area (Å²) < 4.78 is 5.32. The second kappa shape index (κ2) is 9.97. The molecule has 0 bridgehead atoms. The number of esters is 1. The molecule has 1 aliphatic rings. The minimum Gasteiger partial charge on any atom is -0.464 e. The smallest absolute Gasteiger partial charge is 0.334 e. The van der Waals surface area contributed by atoms with E-state index in [4.69, 9.17) is 4.74 Å². The number of carbonyl (C=O) groups excluding carboxylic acids is 3. The molecule has 1 amide bonds. The van der Waals surface area contributed by atoms with Gasteiger partial charge in [0.2, 0.25) is 5.78 Å². The number of benzene rings is 1. The van der Waals surface area contributed by atoms with Gasteiger partial charge in [0.15, 0.2) is 6.04 Å². The van der Waals surface area contributed by atoms with E-state index >= 15 is 0 Å². The van der Waals surface area contributed by atoms with Crippen LogP contribution in [0.25, 0.3) is 0 Å². The van der Waals surface area contributed by atoms with Gasteiger partial charge in [-0.25, -0.2) is 4.79 Å². The number of unbranched alkanes of at least 4 members (excludes halogenated alkanes) is 1. The molecule has 0 saturated heterocycles. The first kappa shape index (κ1) is 21.5. The maximum Gasteiger partial charge on any atom is 0.334 e. The lowest BCUT2D eigenvalue weighted by Crippen LogP contribution is -2.50. The number of ketones is 1. The monoisotopic (exact) mass is 384 g/mol. The molecule has 1 aromatic carbocycles. The Bertz CT molecular complexity index is 753. The van der Waals surface area contributed by atoms with E-state index in [0.29, 0.717) is 6.42 Å². The van der Waals surface area contributed by atoms with E-state index in [-0.39, 0.29) is 6.61 Å². The Morgan fingerprint density at radius 1 is 1.14 bits per heavy atom. The zero-order valence-electron chi connectivity index (χ0n) is 16.8. The summed E-state index contributed by atoms with van der Waals surface area (Å²) in [6.07, 6.45) is 7.12. The van der Waals surface area contributed by atoms with E-state index in [2.05, 4.69) is 17.1 Å². The lowest BCUT2D eigenvalue weighted by molar-refractivity contribution is -0.154. The van der Waals surface area contributed by atoms with E-state index in [1.165, 1.54) is 24.2 Å². The van der Waals surface area contributed by atoms with Gasteiger partial charge in [-0.2, -0.15) is 0 Å². The molecule has 150 valence electrons. The first-order chi connectivity index (χ1) is 13.4. The average molecular weight is 384 g/mol. The number of ether oxygens (including phenoxy) is 1. The van der Waals surface area contributed by atoms with E-state index in [0.717, 1.165) is 24.2 Å². The lowest BCUT2D eigenvalue weighted by Gasteiger charge is -2.29. The highest BCUT2D eigenvalue weighted by Gasteiger charge is 2.38. The van der Waals surface area contributed by atoms with Crippen LogP contribution in [-0.4, -0.2) is 41.4 Å². The summed E-state index contributed by atoms with van der Waals surface area (Å²) in [5.41, 5.74) is 0.456. The Balaban J connectivity index is 1.86. The van der Waals surface area contributed by atoms with Crippen molar-refractivity contribution in [2.75, 3.05) is 6.61 Å². The maximum atomic E-state index is 12.6. The topological polar surface area (TPSA) is 76.0 Å².